The lowest BCUT2D eigenvalue weighted by Crippen LogP contribution is -2.59. The maximum atomic E-state index is 13.0. The van der Waals surface area contributed by atoms with Crippen molar-refractivity contribution >= 4 is 0 Å². The van der Waals surface area contributed by atoms with Crippen LogP contribution in [0, 0.1) is 11.7 Å². The zero-order valence-corrected chi connectivity index (χ0v) is 17.8. The zero-order chi connectivity index (χ0) is 21.3. The van der Waals surface area contributed by atoms with Crippen molar-refractivity contribution in [2.45, 2.75) is 69.4 Å². The Morgan fingerprint density at radius 2 is 1.61 bits per heavy atom. The molecule has 2 bridgehead atoms. The molecule has 1 saturated carbocycles. The summed E-state index contributed by atoms with van der Waals surface area (Å²) in [4.78, 5) is 12.1. The Morgan fingerprint density at radius 3 is 2.32 bits per heavy atom. The van der Waals surface area contributed by atoms with Gasteiger partial charge in [0.25, 0.3) is 0 Å². The molecule has 31 heavy (non-hydrogen) atoms. The molecule has 3 aliphatic heterocycles. The molecule has 4 aliphatic rings. The van der Waals surface area contributed by atoms with Gasteiger partial charge in [-0.15, -0.1) is 0 Å². The summed E-state index contributed by atoms with van der Waals surface area (Å²) in [5.41, 5.74) is 2.41. The maximum Gasteiger partial charge on any atom is 0.230 e. The van der Waals surface area contributed by atoms with E-state index in [0.29, 0.717) is 19.1 Å². The number of ether oxygens (including phenoxy) is 3. The Morgan fingerprint density at radius 1 is 0.903 bits per heavy atom. The number of hydrogen-bond acceptors (Lipinski definition) is 5. The minimum atomic E-state index is -0.948. The van der Waals surface area contributed by atoms with E-state index in [1.807, 2.05) is 24.3 Å². The molecule has 0 amide bonds. The van der Waals surface area contributed by atoms with Gasteiger partial charge in [-0.05, 0) is 48.4 Å². The molecule has 166 valence electrons. The summed E-state index contributed by atoms with van der Waals surface area (Å²) in [6.07, 6.45) is 5.62. The Kier molecular flexibility index (Phi) is 5.84. The fourth-order valence-electron chi connectivity index (χ4n) is 5.22. The molecule has 2 aromatic rings. The van der Waals surface area contributed by atoms with Gasteiger partial charge in [0.15, 0.2) is 11.9 Å². The second kappa shape index (κ2) is 8.60. The molecule has 6 rings (SSSR count). The highest BCUT2D eigenvalue weighted by Gasteiger charge is 2.61. The molecule has 3 heterocycles. The molecule has 0 N–H and O–H groups in total. The van der Waals surface area contributed by atoms with Crippen LogP contribution >= 0.6 is 0 Å². The van der Waals surface area contributed by atoms with Crippen molar-refractivity contribution in [2.24, 2.45) is 5.92 Å². The van der Waals surface area contributed by atoms with Gasteiger partial charge in [0.1, 0.15) is 5.82 Å². The fourth-order valence-corrected chi connectivity index (χ4v) is 5.22. The van der Waals surface area contributed by atoms with Crippen LogP contribution in [0.4, 0.5) is 4.39 Å². The van der Waals surface area contributed by atoms with Crippen molar-refractivity contribution in [2.75, 3.05) is 7.11 Å². The number of benzene rings is 2. The van der Waals surface area contributed by atoms with E-state index in [1.165, 1.54) is 18.6 Å². The molecule has 2 aromatic carbocycles. The summed E-state index contributed by atoms with van der Waals surface area (Å²) in [6.45, 7) is 0.903. The minimum absolute atomic E-state index is 0.241. The second-order valence-corrected chi connectivity index (χ2v) is 8.86. The third kappa shape index (κ3) is 3.92. The molecule has 4 fully saturated rings. The SMILES string of the molecule is CO[C@@H]1O[C@]2(c3ccc(COCc4ccc(F)cc4)cc3)CC[C@H]3CCCCC31OO2. The molecule has 1 aliphatic carbocycles. The Balaban J connectivity index is 1.27. The van der Waals surface area contributed by atoms with Crippen LogP contribution in [0.3, 0.4) is 0 Å². The van der Waals surface area contributed by atoms with Crippen LogP contribution in [0.2, 0.25) is 0 Å². The normalized spacial score (nSPS) is 32.5. The van der Waals surface area contributed by atoms with Gasteiger partial charge in [-0.25, -0.2) is 9.28 Å². The number of methoxy groups -OCH3 is 1. The van der Waals surface area contributed by atoms with Gasteiger partial charge in [0.05, 0.1) is 13.2 Å². The summed E-state index contributed by atoms with van der Waals surface area (Å²) in [6, 6.07) is 14.4. The predicted molar refractivity (Wildman–Crippen MR) is 111 cm³/mol. The molecule has 0 aromatic heterocycles. The smallest absolute Gasteiger partial charge is 0.230 e. The average Bonchev–Trinajstić information content (AvgIpc) is 3.07. The van der Waals surface area contributed by atoms with Crippen molar-refractivity contribution in [3.63, 3.8) is 0 Å². The highest BCUT2D eigenvalue weighted by molar-refractivity contribution is 5.27. The molecule has 3 saturated heterocycles. The third-order valence-electron chi connectivity index (χ3n) is 6.97. The van der Waals surface area contributed by atoms with Crippen LogP contribution in [0.1, 0.15) is 55.2 Å². The Labute approximate surface area is 182 Å². The van der Waals surface area contributed by atoms with E-state index in [-0.39, 0.29) is 5.82 Å². The second-order valence-electron chi connectivity index (χ2n) is 8.86. The third-order valence-corrected chi connectivity index (χ3v) is 6.97. The van der Waals surface area contributed by atoms with Crippen molar-refractivity contribution in [1.82, 2.24) is 0 Å². The predicted octanol–water partition coefficient (Wildman–Crippen LogP) is 5.37. The molecule has 4 atom stereocenters. The van der Waals surface area contributed by atoms with E-state index in [2.05, 4.69) is 0 Å². The van der Waals surface area contributed by atoms with E-state index in [9.17, 15) is 4.39 Å². The molecule has 5 nitrogen and oxygen atoms in total. The van der Waals surface area contributed by atoms with Crippen LogP contribution in [-0.4, -0.2) is 19.0 Å². The maximum absolute atomic E-state index is 13.0. The zero-order valence-electron chi connectivity index (χ0n) is 17.8. The standard InChI is InChI=1S/C25H29FO5/c1-27-23-24-14-3-2-4-20(24)13-15-25(29-23,31-30-24)21-9-5-18(6-10-21)16-28-17-19-7-11-22(26)12-8-19/h5-12,20,23H,2-4,13-17H2,1H3/t20-,23-,24?,25-/m1/s1. The van der Waals surface area contributed by atoms with Gasteiger partial charge < -0.3 is 14.2 Å². The van der Waals surface area contributed by atoms with Gasteiger partial charge in [0, 0.05) is 19.1 Å². The molecule has 1 spiro atoms. The Bertz CT molecular complexity index is 882. The van der Waals surface area contributed by atoms with Crippen molar-refractivity contribution in [1.29, 1.82) is 0 Å². The van der Waals surface area contributed by atoms with Crippen LogP contribution in [-0.2, 0) is 43.0 Å². The molecule has 0 radical (unpaired) electrons. The quantitative estimate of drug-likeness (QED) is 0.579. The summed E-state index contributed by atoms with van der Waals surface area (Å²) in [7, 11) is 1.68. The van der Waals surface area contributed by atoms with E-state index >= 15 is 0 Å². The lowest BCUT2D eigenvalue weighted by Gasteiger charge is -2.49. The first kappa shape index (κ1) is 21.0. The van der Waals surface area contributed by atoms with E-state index in [1.54, 1.807) is 19.2 Å². The number of rotatable bonds is 6. The average molecular weight is 429 g/mol. The van der Waals surface area contributed by atoms with E-state index in [0.717, 1.165) is 48.8 Å². The first-order valence-electron chi connectivity index (χ1n) is 11.1. The van der Waals surface area contributed by atoms with Gasteiger partial charge in [-0.2, -0.15) is 4.89 Å². The van der Waals surface area contributed by atoms with Gasteiger partial charge in [-0.1, -0.05) is 49.2 Å². The van der Waals surface area contributed by atoms with Crippen LogP contribution in [0.25, 0.3) is 0 Å². The summed E-state index contributed by atoms with van der Waals surface area (Å²) < 4.78 is 31.0. The van der Waals surface area contributed by atoms with Crippen LogP contribution < -0.4 is 0 Å². The summed E-state index contributed by atoms with van der Waals surface area (Å²) in [5.74, 6) is -0.805. The van der Waals surface area contributed by atoms with Crippen molar-refractivity contribution < 1.29 is 28.4 Å². The topological polar surface area (TPSA) is 46.2 Å². The van der Waals surface area contributed by atoms with Gasteiger partial charge in [-0.3, -0.25) is 0 Å². The Hall–Kier alpha value is -1.83. The minimum Gasteiger partial charge on any atom is -0.372 e. The molecule has 6 heteroatoms. The lowest BCUT2D eigenvalue weighted by molar-refractivity contribution is -0.558. The fraction of sp³-hybridized carbons (Fsp3) is 0.520. The number of halogens is 1. The van der Waals surface area contributed by atoms with Gasteiger partial charge in [0.2, 0.25) is 5.79 Å². The first-order valence-corrected chi connectivity index (χ1v) is 11.1. The van der Waals surface area contributed by atoms with Gasteiger partial charge >= 0.3 is 0 Å². The summed E-state index contributed by atoms with van der Waals surface area (Å²) >= 11 is 0. The van der Waals surface area contributed by atoms with Crippen molar-refractivity contribution in [3.05, 3.63) is 71.0 Å². The lowest BCUT2D eigenvalue weighted by atomic mass is 9.73. The molecule has 1 unspecified atom stereocenters. The van der Waals surface area contributed by atoms with Crippen LogP contribution in [0.5, 0.6) is 0 Å². The summed E-state index contributed by atoms with van der Waals surface area (Å²) in [5, 5.41) is 0. The number of fused-ring (bicyclic) bond motifs is 3. The highest BCUT2D eigenvalue weighted by Crippen LogP contribution is 2.55. The highest BCUT2D eigenvalue weighted by atomic mass is 19.1. The van der Waals surface area contributed by atoms with Crippen LogP contribution in [0.15, 0.2) is 48.5 Å². The largest absolute Gasteiger partial charge is 0.372 e. The monoisotopic (exact) mass is 428 g/mol. The van der Waals surface area contributed by atoms with E-state index in [4.69, 9.17) is 24.0 Å². The first-order chi connectivity index (χ1) is 15.1. The molecular formula is C25H29FO5. The number of hydrogen-bond donors (Lipinski definition) is 0. The van der Waals surface area contributed by atoms with Crippen molar-refractivity contribution in [3.8, 4) is 0 Å². The van der Waals surface area contributed by atoms with E-state index < -0.39 is 17.7 Å². The molecular weight excluding hydrogens is 399 g/mol.